The largest absolute Gasteiger partial charge is 0.396 e. The van der Waals surface area contributed by atoms with Crippen molar-refractivity contribution in [2.45, 2.75) is 26.8 Å². The summed E-state index contributed by atoms with van der Waals surface area (Å²) in [5.74, 6) is 0. The quantitative estimate of drug-likeness (QED) is 0.815. The minimum atomic E-state index is -0.0714. The topological polar surface area (TPSA) is 50.1 Å². The van der Waals surface area contributed by atoms with E-state index in [1.54, 1.807) is 6.20 Å². The van der Waals surface area contributed by atoms with Crippen LogP contribution in [0.1, 0.15) is 25.8 Å². The van der Waals surface area contributed by atoms with Gasteiger partial charge in [0.25, 0.3) is 0 Å². The summed E-state index contributed by atoms with van der Waals surface area (Å²) in [5.41, 5.74) is 2.22. The van der Waals surface area contributed by atoms with Crippen LogP contribution in [0.3, 0.4) is 0 Å². The first-order valence-electron chi connectivity index (χ1n) is 7.06. The monoisotopic (exact) mass is 273 g/mol. The number of hydrogen-bond donors (Lipinski definition) is 2. The van der Waals surface area contributed by atoms with Crippen LogP contribution in [0.5, 0.6) is 0 Å². The second kappa shape index (κ2) is 6.57. The van der Waals surface area contributed by atoms with Gasteiger partial charge >= 0.3 is 0 Å². The molecule has 1 atom stereocenters. The molecule has 2 aromatic rings. The summed E-state index contributed by atoms with van der Waals surface area (Å²) in [7, 11) is 0. The van der Waals surface area contributed by atoms with E-state index in [4.69, 9.17) is 0 Å². The van der Waals surface area contributed by atoms with E-state index in [0.717, 1.165) is 25.2 Å². The molecule has 0 aliphatic heterocycles. The lowest BCUT2D eigenvalue weighted by Crippen LogP contribution is -2.29. The van der Waals surface area contributed by atoms with Gasteiger partial charge in [0.1, 0.15) is 0 Å². The second-order valence-corrected chi connectivity index (χ2v) is 5.58. The molecule has 0 aliphatic carbocycles. The number of anilines is 1. The lowest BCUT2D eigenvalue weighted by molar-refractivity contribution is 0.149. The van der Waals surface area contributed by atoms with Crippen LogP contribution in [0.2, 0.25) is 0 Å². The van der Waals surface area contributed by atoms with Gasteiger partial charge in [-0.1, -0.05) is 26.0 Å². The van der Waals surface area contributed by atoms with Crippen molar-refractivity contribution in [3.63, 3.8) is 0 Å². The van der Waals surface area contributed by atoms with E-state index >= 15 is 0 Å². The molecule has 2 N–H and O–H groups in total. The Hall–Kier alpha value is -1.81. The summed E-state index contributed by atoms with van der Waals surface area (Å²) in [5, 5.41) is 17.1. The highest BCUT2D eigenvalue weighted by atomic mass is 16.3. The van der Waals surface area contributed by atoms with E-state index in [-0.39, 0.29) is 12.0 Å². The zero-order valence-electron chi connectivity index (χ0n) is 12.2. The molecule has 0 saturated heterocycles. The van der Waals surface area contributed by atoms with Gasteiger partial charge in [0.15, 0.2) is 0 Å². The minimum Gasteiger partial charge on any atom is -0.396 e. The van der Waals surface area contributed by atoms with Crippen LogP contribution in [0.15, 0.2) is 42.7 Å². The molecule has 0 amide bonds. The highest BCUT2D eigenvalue weighted by molar-refractivity contribution is 5.46. The lowest BCUT2D eigenvalue weighted by atomic mass is 9.88. The summed E-state index contributed by atoms with van der Waals surface area (Å²) < 4.78 is 1.91. The molecule has 0 bridgehead atoms. The molecule has 1 unspecified atom stereocenters. The first-order valence-corrected chi connectivity index (χ1v) is 7.06. The Morgan fingerprint density at radius 1 is 1.35 bits per heavy atom. The van der Waals surface area contributed by atoms with Crippen molar-refractivity contribution < 1.29 is 5.11 Å². The zero-order valence-corrected chi connectivity index (χ0v) is 12.2. The van der Waals surface area contributed by atoms with Crippen molar-refractivity contribution >= 4 is 5.69 Å². The predicted molar refractivity (Wildman–Crippen MR) is 81.7 cm³/mol. The minimum absolute atomic E-state index is 0.0714. The molecule has 1 aromatic heterocycles. The third-order valence-electron chi connectivity index (χ3n) is 3.79. The van der Waals surface area contributed by atoms with Crippen molar-refractivity contribution in [1.82, 2.24) is 9.78 Å². The highest BCUT2D eigenvalue weighted by Crippen LogP contribution is 2.21. The van der Waals surface area contributed by atoms with Gasteiger partial charge < -0.3 is 10.4 Å². The zero-order chi connectivity index (χ0) is 14.4. The van der Waals surface area contributed by atoms with Crippen LogP contribution in [0.25, 0.3) is 0 Å². The van der Waals surface area contributed by atoms with Crippen molar-refractivity contribution in [2.75, 3.05) is 18.5 Å². The standard InChI is InChI=1S/C16H23N3O/c1-3-16(2,13-20)12-17-15-7-4-6-14(10-15)11-19-9-5-8-18-19/h4-10,17,20H,3,11-13H2,1-2H3. The van der Waals surface area contributed by atoms with Gasteiger partial charge in [-0.2, -0.15) is 5.10 Å². The summed E-state index contributed by atoms with van der Waals surface area (Å²) in [6, 6.07) is 10.3. The van der Waals surface area contributed by atoms with Crippen LogP contribution in [-0.4, -0.2) is 28.0 Å². The van der Waals surface area contributed by atoms with E-state index in [1.807, 2.05) is 23.0 Å². The Labute approximate surface area is 120 Å². The molecule has 0 spiro atoms. The molecule has 0 fully saturated rings. The summed E-state index contributed by atoms with van der Waals surface area (Å²) in [6.45, 7) is 5.93. The van der Waals surface area contributed by atoms with Crippen LogP contribution < -0.4 is 5.32 Å². The molecule has 1 aromatic carbocycles. The smallest absolute Gasteiger partial charge is 0.0660 e. The van der Waals surface area contributed by atoms with Gasteiger partial charge in [-0.05, 0) is 30.2 Å². The summed E-state index contributed by atoms with van der Waals surface area (Å²) in [6.07, 6.45) is 4.69. The predicted octanol–water partition coefficient (Wildman–Crippen LogP) is 2.75. The van der Waals surface area contributed by atoms with Gasteiger partial charge in [0, 0.05) is 30.0 Å². The molecular weight excluding hydrogens is 250 g/mol. The third kappa shape index (κ3) is 3.84. The van der Waals surface area contributed by atoms with Gasteiger partial charge in [0.05, 0.1) is 13.2 Å². The van der Waals surface area contributed by atoms with Crippen LogP contribution in [-0.2, 0) is 6.54 Å². The molecular formula is C16H23N3O. The maximum absolute atomic E-state index is 9.44. The fraction of sp³-hybridized carbons (Fsp3) is 0.438. The van der Waals surface area contributed by atoms with Gasteiger partial charge in [-0.25, -0.2) is 0 Å². The van der Waals surface area contributed by atoms with Gasteiger partial charge in [-0.15, -0.1) is 0 Å². The second-order valence-electron chi connectivity index (χ2n) is 5.58. The van der Waals surface area contributed by atoms with E-state index in [1.165, 1.54) is 5.56 Å². The normalized spacial score (nSPS) is 13.9. The van der Waals surface area contributed by atoms with Crippen LogP contribution in [0, 0.1) is 5.41 Å². The van der Waals surface area contributed by atoms with E-state index in [2.05, 4.69) is 42.5 Å². The molecule has 1 heterocycles. The Bertz CT molecular complexity index is 518. The first kappa shape index (κ1) is 14.6. The fourth-order valence-corrected chi connectivity index (χ4v) is 1.97. The number of aromatic nitrogens is 2. The van der Waals surface area contributed by atoms with Crippen molar-refractivity contribution in [1.29, 1.82) is 0 Å². The lowest BCUT2D eigenvalue weighted by Gasteiger charge is -2.26. The number of hydrogen-bond acceptors (Lipinski definition) is 3. The molecule has 4 nitrogen and oxygen atoms in total. The van der Waals surface area contributed by atoms with E-state index in [9.17, 15) is 5.11 Å². The average Bonchev–Trinajstić information content (AvgIpc) is 2.98. The third-order valence-corrected chi connectivity index (χ3v) is 3.79. The number of rotatable bonds is 7. The maximum Gasteiger partial charge on any atom is 0.0660 e. The molecule has 108 valence electrons. The highest BCUT2D eigenvalue weighted by Gasteiger charge is 2.20. The molecule has 4 heteroatoms. The number of nitrogens with zero attached hydrogens (tertiary/aromatic N) is 2. The van der Waals surface area contributed by atoms with Crippen molar-refractivity contribution in [3.8, 4) is 0 Å². The molecule has 0 radical (unpaired) electrons. The number of benzene rings is 1. The average molecular weight is 273 g/mol. The molecule has 0 saturated carbocycles. The maximum atomic E-state index is 9.44. The number of nitrogens with one attached hydrogen (secondary N) is 1. The van der Waals surface area contributed by atoms with Crippen LogP contribution in [0.4, 0.5) is 5.69 Å². The first-order chi connectivity index (χ1) is 9.65. The van der Waals surface area contributed by atoms with E-state index in [0.29, 0.717) is 0 Å². The SMILES string of the molecule is CCC(C)(CO)CNc1cccc(Cn2cccn2)c1. The number of aliphatic hydroxyl groups excluding tert-OH is 1. The van der Waals surface area contributed by atoms with Crippen LogP contribution >= 0.6 is 0 Å². The van der Waals surface area contributed by atoms with E-state index < -0.39 is 0 Å². The van der Waals surface area contributed by atoms with Crippen molar-refractivity contribution in [3.05, 3.63) is 48.3 Å². The Morgan fingerprint density at radius 3 is 2.85 bits per heavy atom. The Balaban J connectivity index is 1.99. The summed E-state index contributed by atoms with van der Waals surface area (Å²) in [4.78, 5) is 0. The van der Waals surface area contributed by atoms with Crippen molar-refractivity contribution in [2.24, 2.45) is 5.41 Å². The Kier molecular flexibility index (Phi) is 4.79. The Morgan fingerprint density at radius 2 is 2.20 bits per heavy atom. The molecule has 20 heavy (non-hydrogen) atoms. The van der Waals surface area contributed by atoms with Gasteiger partial charge in [-0.3, -0.25) is 4.68 Å². The fourth-order valence-electron chi connectivity index (χ4n) is 1.97. The number of aliphatic hydroxyl groups is 1. The molecule has 0 aliphatic rings. The summed E-state index contributed by atoms with van der Waals surface area (Å²) >= 11 is 0. The van der Waals surface area contributed by atoms with Gasteiger partial charge in [0.2, 0.25) is 0 Å². The molecule has 2 rings (SSSR count).